The van der Waals surface area contributed by atoms with Crippen LogP contribution in [0.4, 0.5) is 0 Å². The van der Waals surface area contributed by atoms with Crippen LogP contribution >= 0.6 is 0 Å². The van der Waals surface area contributed by atoms with E-state index in [2.05, 4.69) is 41.8 Å². The minimum Gasteiger partial charge on any atom is -0.356 e. The van der Waals surface area contributed by atoms with Crippen molar-refractivity contribution in [3.05, 3.63) is 35.4 Å². The molecular formula is C16H26N2O. The molecule has 1 rings (SSSR count). The van der Waals surface area contributed by atoms with Gasteiger partial charge in [-0.05, 0) is 44.0 Å². The number of hydrogen-bond acceptors (Lipinski definition) is 2. The summed E-state index contributed by atoms with van der Waals surface area (Å²) in [4.78, 5) is 11.5. The summed E-state index contributed by atoms with van der Waals surface area (Å²) in [6, 6.07) is 8.71. The monoisotopic (exact) mass is 262 g/mol. The van der Waals surface area contributed by atoms with E-state index in [-0.39, 0.29) is 5.91 Å². The highest BCUT2D eigenvalue weighted by Crippen LogP contribution is 2.06. The molecule has 0 atom stereocenters. The second-order valence-corrected chi connectivity index (χ2v) is 4.87. The number of nitrogens with one attached hydrogen (secondary N) is 2. The number of carbonyl (C=O) groups is 1. The van der Waals surface area contributed by atoms with Crippen LogP contribution in [0.15, 0.2) is 24.3 Å². The molecule has 3 nitrogen and oxygen atoms in total. The second kappa shape index (κ2) is 9.56. The van der Waals surface area contributed by atoms with Crippen LogP contribution in [-0.2, 0) is 17.6 Å². The molecule has 2 N–H and O–H groups in total. The fraction of sp³-hybridized carbons (Fsp3) is 0.562. The van der Waals surface area contributed by atoms with E-state index >= 15 is 0 Å². The van der Waals surface area contributed by atoms with Gasteiger partial charge in [0.2, 0.25) is 5.91 Å². The number of carbonyl (C=O) groups excluding carboxylic acids is 1. The highest BCUT2D eigenvalue weighted by molar-refractivity contribution is 5.75. The molecule has 0 aliphatic heterocycles. The van der Waals surface area contributed by atoms with E-state index in [1.165, 1.54) is 17.5 Å². The Morgan fingerprint density at radius 1 is 1.05 bits per heavy atom. The van der Waals surface area contributed by atoms with Gasteiger partial charge in [0.05, 0.1) is 0 Å². The standard InChI is InChI=1S/C16H26N2O/c1-3-5-14-7-9-15(10-8-14)11-13-18-16(19)6-4-12-17-2/h7-10,17H,3-6,11-13H2,1-2H3,(H,18,19). The molecule has 3 heteroatoms. The van der Waals surface area contributed by atoms with Gasteiger partial charge >= 0.3 is 0 Å². The highest BCUT2D eigenvalue weighted by Gasteiger charge is 2.00. The van der Waals surface area contributed by atoms with E-state index in [0.717, 1.165) is 32.4 Å². The SMILES string of the molecule is CCCc1ccc(CCNC(=O)CCCNC)cc1. The Bertz CT molecular complexity index is 360. The van der Waals surface area contributed by atoms with Gasteiger partial charge in [-0.2, -0.15) is 0 Å². The van der Waals surface area contributed by atoms with Gasteiger partial charge in [0.25, 0.3) is 0 Å². The Balaban J connectivity index is 2.19. The molecule has 0 aliphatic rings. The molecule has 106 valence electrons. The first-order valence-electron chi connectivity index (χ1n) is 7.25. The van der Waals surface area contributed by atoms with Crippen LogP contribution in [0.5, 0.6) is 0 Å². The summed E-state index contributed by atoms with van der Waals surface area (Å²) in [5.41, 5.74) is 2.68. The lowest BCUT2D eigenvalue weighted by Crippen LogP contribution is -2.26. The third-order valence-electron chi connectivity index (χ3n) is 3.13. The maximum atomic E-state index is 11.5. The Hall–Kier alpha value is -1.35. The molecule has 1 amide bonds. The van der Waals surface area contributed by atoms with Crippen molar-refractivity contribution in [2.45, 2.75) is 39.0 Å². The van der Waals surface area contributed by atoms with Crippen molar-refractivity contribution < 1.29 is 4.79 Å². The second-order valence-electron chi connectivity index (χ2n) is 4.87. The number of aryl methyl sites for hydroxylation is 1. The molecule has 0 aromatic heterocycles. The number of benzene rings is 1. The van der Waals surface area contributed by atoms with Gasteiger partial charge in [-0.15, -0.1) is 0 Å². The van der Waals surface area contributed by atoms with Crippen molar-refractivity contribution in [1.29, 1.82) is 0 Å². The molecule has 0 saturated heterocycles. The van der Waals surface area contributed by atoms with Crippen LogP contribution in [-0.4, -0.2) is 26.0 Å². The maximum absolute atomic E-state index is 11.5. The van der Waals surface area contributed by atoms with E-state index in [1.54, 1.807) is 0 Å². The highest BCUT2D eigenvalue weighted by atomic mass is 16.1. The topological polar surface area (TPSA) is 41.1 Å². The van der Waals surface area contributed by atoms with Crippen LogP contribution < -0.4 is 10.6 Å². The third kappa shape index (κ3) is 6.97. The zero-order valence-electron chi connectivity index (χ0n) is 12.2. The Morgan fingerprint density at radius 2 is 1.68 bits per heavy atom. The first-order chi connectivity index (χ1) is 9.26. The van der Waals surface area contributed by atoms with Gasteiger partial charge < -0.3 is 10.6 Å². The van der Waals surface area contributed by atoms with Crippen molar-refractivity contribution >= 4 is 5.91 Å². The predicted octanol–water partition coefficient (Wildman–Crippen LogP) is 2.30. The summed E-state index contributed by atoms with van der Waals surface area (Å²) in [5, 5.41) is 6.00. The van der Waals surface area contributed by atoms with Gasteiger partial charge in [0.1, 0.15) is 0 Å². The van der Waals surface area contributed by atoms with Crippen molar-refractivity contribution in [1.82, 2.24) is 10.6 Å². The molecule has 0 radical (unpaired) electrons. The third-order valence-corrected chi connectivity index (χ3v) is 3.13. The fourth-order valence-corrected chi connectivity index (χ4v) is 2.02. The summed E-state index contributed by atoms with van der Waals surface area (Å²) in [6.07, 6.45) is 4.74. The Morgan fingerprint density at radius 3 is 2.26 bits per heavy atom. The van der Waals surface area contributed by atoms with Crippen molar-refractivity contribution in [3.63, 3.8) is 0 Å². The molecule has 0 fully saturated rings. The van der Waals surface area contributed by atoms with Crippen LogP contribution in [0.3, 0.4) is 0 Å². The van der Waals surface area contributed by atoms with Gasteiger partial charge in [-0.25, -0.2) is 0 Å². The van der Waals surface area contributed by atoms with Crippen LogP contribution in [0.2, 0.25) is 0 Å². The van der Waals surface area contributed by atoms with Gasteiger partial charge in [-0.3, -0.25) is 4.79 Å². The van der Waals surface area contributed by atoms with Crippen LogP contribution in [0.25, 0.3) is 0 Å². The zero-order valence-corrected chi connectivity index (χ0v) is 12.2. The molecule has 0 spiro atoms. The van der Waals surface area contributed by atoms with E-state index in [4.69, 9.17) is 0 Å². The molecule has 1 aromatic carbocycles. The van der Waals surface area contributed by atoms with Crippen molar-refractivity contribution in [3.8, 4) is 0 Å². The van der Waals surface area contributed by atoms with Gasteiger partial charge in [0.15, 0.2) is 0 Å². The van der Waals surface area contributed by atoms with Crippen molar-refractivity contribution in [2.75, 3.05) is 20.1 Å². The van der Waals surface area contributed by atoms with E-state index in [0.29, 0.717) is 6.42 Å². The molecule has 0 aliphatic carbocycles. The minimum atomic E-state index is 0.151. The van der Waals surface area contributed by atoms with E-state index < -0.39 is 0 Å². The van der Waals surface area contributed by atoms with E-state index in [1.807, 2.05) is 7.05 Å². The number of hydrogen-bond donors (Lipinski definition) is 2. The average Bonchev–Trinajstić information content (AvgIpc) is 2.41. The Kier molecular flexibility index (Phi) is 7.91. The zero-order chi connectivity index (χ0) is 13.9. The number of rotatable bonds is 9. The molecular weight excluding hydrogens is 236 g/mol. The summed E-state index contributed by atoms with van der Waals surface area (Å²) in [7, 11) is 1.90. The Labute approximate surface area is 116 Å². The molecule has 0 heterocycles. The van der Waals surface area contributed by atoms with Gasteiger partial charge in [0, 0.05) is 13.0 Å². The predicted molar refractivity (Wildman–Crippen MR) is 80.3 cm³/mol. The lowest BCUT2D eigenvalue weighted by molar-refractivity contribution is -0.121. The normalized spacial score (nSPS) is 10.4. The van der Waals surface area contributed by atoms with E-state index in [9.17, 15) is 4.79 Å². The molecule has 0 saturated carbocycles. The van der Waals surface area contributed by atoms with Crippen LogP contribution in [0.1, 0.15) is 37.3 Å². The first-order valence-corrected chi connectivity index (χ1v) is 7.25. The lowest BCUT2D eigenvalue weighted by atomic mass is 10.1. The lowest BCUT2D eigenvalue weighted by Gasteiger charge is -2.06. The quantitative estimate of drug-likeness (QED) is 0.670. The summed E-state index contributed by atoms with van der Waals surface area (Å²) in [5.74, 6) is 0.151. The molecule has 0 unspecified atom stereocenters. The summed E-state index contributed by atoms with van der Waals surface area (Å²) < 4.78 is 0. The molecule has 1 aromatic rings. The first kappa shape index (κ1) is 15.7. The minimum absolute atomic E-state index is 0.151. The van der Waals surface area contributed by atoms with Crippen molar-refractivity contribution in [2.24, 2.45) is 0 Å². The number of amides is 1. The van der Waals surface area contributed by atoms with Gasteiger partial charge in [-0.1, -0.05) is 37.6 Å². The molecule has 0 bridgehead atoms. The summed E-state index contributed by atoms with van der Waals surface area (Å²) >= 11 is 0. The maximum Gasteiger partial charge on any atom is 0.220 e. The fourth-order valence-electron chi connectivity index (χ4n) is 2.02. The summed E-state index contributed by atoms with van der Waals surface area (Å²) in [6.45, 7) is 3.81. The smallest absolute Gasteiger partial charge is 0.220 e. The van der Waals surface area contributed by atoms with Crippen LogP contribution in [0, 0.1) is 0 Å². The largest absolute Gasteiger partial charge is 0.356 e. The average molecular weight is 262 g/mol. The molecule has 19 heavy (non-hydrogen) atoms.